The Hall–Kier alpha value is -3.74. The number of hydrogen-bond acceptors (Lipinski definition) is 6. The van der Waals surface area contributed by atoms with Gasteiger partial charge in [-0.15, -0.1) is 0 Å². The summed E-state index contributed by atoms with van der Waals surface area (Å²) in [6.07, 6.45) is 0. The Morgan fingerprint density at radius 2 is 1.53 bits per heavy atom. The summed E-state index contributed by atoms with van der Waals surface area (Å²) in [4.78, 5) is 26.1. The summed E-state index contributed by atoms with van der Waals surface area (Å²) in [5.74, 6) is -0.216. The van der Waals surface area contributed by atoms with E-state index in [4.69, 9.17) is 14.2 Å². The number of carbonyl (C=O) groups excluding carboxylic acids is 2. The van der Waals surface area contributed by atoms with Crippen LogP contribution in [0.3, 0.4) is 0 Å². The highest BCUT2D eigenvalue weighted by molar-refractivity contribution is 5.94. The third-order valence-electron chi connectivity index (χ3n) is 4.71. The van der Waals surface area contributed by atoms with Crippen molar-refractivity contribution in [3.05, 3.63) is 65.7 Å². The first-order valence-corrected chi connectivity index (χ1v) is 9.26. The molecular weight excluding hydrogens is 386 g/mol. The van der Waals surface area contributed by atoms with E-state index in [9.17, 15) is 14.7 Å². The Morgan fingerprint density at radius 3 is 2.27 bits per heavy atom. The second-order valence-corrected chi connectivity index (χ2v) is 6.76. The quantitative estimate of drug-likeness (QED) is 0.602. The largest absolute Gasteiger partial charge is 0.507 e. The molecule has 0 aliphatic rings. The molecule has 7 nitrogen and oxygen atoms in total. The lowest BCUT2D eigenvalue weighted by molar-refractivity contribution is -0.133. The van der Waals surface area contributed by atoms with Gasteiger partial charge in [-0.25, -0.2) is 4.79 Å². The normalized spacial score (nSPS) is 10.5. The lowest BCUT2D eigenvalue weighted by Crippen LogP contribution is -2.30. The van der Waals surface area contributed by atoms with Crippen molar-refractivity contribution < 1.29 is 28.9 Å². The van der Waals surface area contributed by atoms with Crippen LogP contribution in [-0.4, -0.2) is 49.8 Å². The van der Waals surface area contributed by atoms with Gasteiger partial charge in [0, 0.05) is 13.6 Å². The first-order chi connectivity index (χ1) is 14.4. The van der Waals surface area contributed by atoms with Crippen molar-refractivity contribution in [3.63, 3.8) is 0 Å². The van der Waals surface area contributed by atoms with E-state index in [0.29, 0.717) is 12.3 Å². The smallest absolute Gasteiger partial charge is 0.342 e. The van der Waals surface area contributed by atoms with E-state index in [2.05, 4.69) is 0 Å². The van der Waals surface area contributed by atoms with Crippen LogP contribution in [0.25, 0.3) is 10.8 Å². The van der Waals surface area contributed by atoms with Gasteiger partial charge >= 0.3 is 5.97 Å². The number of likely N-dealkylation sites (N-methyl/N-ethyl adjacent to an activating group) is 1. The highest BCUT2D eigenvalue weighted by Crippen LogP contribution is 2.24. The molecule has 0 aliphatic heterocycles. The van der Waals surface area contributed by atoms with Crippen LogP contribution in [0.4, 0.5) is 0 Å². The number of carbonyl (C=O) groups is 2. The van der Waals surface area contributed by atoms with Crippen LogP contribution in [0, 0.1) is 0 Å². The van der Waals surface area contributed by atoms with Gasteiger partial charge in [0.15, 0.2) is 6.61 Å². The molecule has 30 heavy (non-hydrogen) atoms. The zero-order valence-electron chi connectivity index (χ0n) is 17.0. The van der Waals surface area contributed by atoms with Crippen molar-refractivity contribution in [3.8, 4) is 17.2 Å². The minimum absolute atomic E-state index is 0.0604. The predicted molar refractivity (Wildman–Crippen MR) is 112 cm³/mol. The van der Waals surface area contributed by atoms with E-state index in [1.54, 1.807) is 14.2 Å². The van der Waals surface area contributed by atoms with E-state index >= 15 is 0 Å². The first kappa shape index (κ1) is 21.0. The SMILES string of the molecule is COc1ccc(O)c(C(=O)OCC(=O)N(C)Cc2ccc3cc(OC)ccc3c2)c1. The number of aromatic hydroxyl groups is 1. The number of amides is 1. The number of rotatable bonds is 7. The fraction of sp³-hybridized carbons (Fsp3) is 0.217. The number of hydrogen-bond donors (Lipinski definition) is 1. The summed E-state index contributed by atoms with van der Waals surface area (Å²) in [7, 11) is 4.71. The lowest BCUT2D eigenvalue weighted by atomic mass is 10.1. The van der Waals surface area contributed by atoms with Crippen LogP contribution in [0.2, 0.25) is 0 Å². The third-order valence-corrected chi connectivity index (χ3v) is 4.71. The molecule has 3 aromatic rings. The number of esters is 1. The number of fused-ring (bicyclic) bond motifs is 1. The van der Waals surface area contributed by atoms with Crippen molar-refractivity contribution in [2.24, 2.45) is 0 Å². The Kier molecular flexibility index (Phi) is 6.41. The Labute approximate surface area is 174 Å². The van der Waals surface area contributed by atoms with Gasteiger partial charge in [0.2, 0.25) is 0 Å². The van der Waals surface area contributed by atoms with Crippen molar-refractivity contribution in [2.75, 3.05) is 27.9 Å². The molecule has 1 amide bonds. The summed E-state index contributed by atoms with van der Waals surface area (Å²) in [6, 6.07) is 15.9. The van der Waals surface area contributed by atoms with Crippen molar-refractivity contribution in [1.82, 2.24) is 4.90 Å². The average molecular weight is 409 g/mol. The zero-order valence-corrected chi connectivity index (χ0v) is 17.0. The second-order valence-electron chi connectivity index (χ2n) is 6.76. The van der Waals surface area contributed by atoms with Gasteiger partial charge in [0.25, 0.3) is 5.91 Å². The van der Waals surface area contributed by atoms with Crippen LogP contribution in [0.1, 0.15) is 15.9 Å². The maximum atomic E-state index is 12.4. The van der Waals surface area contributed by atoms with E-state index in [0.717, 1.165) is 22.1 Å². The number of nitrogens with zero attached hydrogens (tertiary/aromatic N) is 1. The fourth-order valence-corrected chi connectivity index (χ4v) is 2.98. The maximum Gasteiger partial charge on any atom is 0.342 e. The summed E-state index contributed by atoms with van der Waals surface area (Å²) >= 11 is 0. The Balaban J connectivity index is 1.61. The minimum atomic E-state index is -0.798. The zero-order chi connectivity index (χ0) is 21.7. The molecule has 0 saturated carbocycles. The topological polar surface area (TPSA) is 85.3 Å². The van der Waals surface area contributed by atoms with Crippen LogP contribution < -0.4 is 9.47 Å². The lowest BCUT2D eigenvalue weighted by Gasteiger charge is -2.18. The van der Waals surface area contributed by atoms with Crippen LogP contribution >= 0.6 is 0 Å². The van der Waals surface area contributed by atoms with Gasteiger partial charge in [-0.2, -0.15) is 0 Å². The van der Waals surface area contributed by atoms with E-state index in [-0.39, 0.29) is 17.2 Å². The van der Waals surface area contributed by atoms with Gasteiger partial charge < -0.3 is 24.2 Å². The second kappa shape index (κ2) is 9.17. The summed E-state index contributed by atoms with van der Waals surface area (Å²) < 4.78 is 15.3. The average Bonchev–Trinajstić information content (AvgIpc) is 2.77. The monoisotopic (exact) mass is 409 g/mol. The molecular formula is C23H23NO6. The van der Waals surface area contributed by atoms with Gasteiger partial charge in [0.05, 0.1) is 14.2 Å². The molecule has 3 rings (SSSR count). The number of phenols is 1. The van der Waals surface area contributed by atoms with Crippen molar-refractivity contribution in [2.45, 2.75) is 6.54 Å². The molecule has 0 fully saturated rings. The number of benzene rings is 3. The molecule has 3 aromatic carbocycles. The van der Waals surface area contributed by atoms with Gasteiger partial charge in [-0.1, -0.05) is 18.2 Å². The standard InChI is InChI=1S/C23H23NO6/c1-24(13-15-4-5-17-11-18(28-2)7-6-16(17)10-15)22(26)14-30-23(27)20-12-19(29-3)8-9-21(20)25/h4-12,25H,13-14H2,1-3H3. The molecule has 0 atom stereocenters. The van der Waals surface area contributed by atoms with E-state index in [1.165, 1.54) is 30.2 Å². The Morgan fingerprint density at radius 1 is 0.900 bits per heavy atom. The third kappa shape index (κ3) is 4.81. The van der Waals surface area contributed by atoms with Crippen LogP contribution in [0.15, 0.2) is 54.6 Å². The molecule has 0 saturated heterocycles. The Bertz CT molecular complexity index is 1080. The number of phenolic OH excluding ortho intramolecular Hbond substituents is 1. The number of ether oxygens (including phenoxy) is 3. The van der Waals surface area contributed by atoms with Gasteiger partial charge in [-0.05, 0) is 52.7 Å². The van der Waals surface area contributed by atoms with E-state index in [1.807, 2.05) is 36.4 Å². The molecule has 0 radical (unpaired) electrons. The van der Waals surface area contributed by atoms with Crippen LogP contribution in [0.5, 0.6) is 17.2 Å². The van der Waals surface area contributed by atoms with Crippen LogP contribution in [-0.2, 0) is 16.1 Å². The highest BCUT2D eigenvalue weighted by atomic mass is 16.5. The molecule has 0 aromatic heterocycles. The summed E-state index contributed by atoms with van der Waals surface area (Å²) in [5.41, 5.74) is 0.884. The molecule has 0 spiro atoms. The first-order valence-electron chi connectivity index (χ1n) is 9.26. The van der Waals surface area contributed by atoms with Gasteiger partial charge in [-0.3, -0.25) is 4.79 Å². The van der Waals surface area contributed by atoms with Gasteiger partial charge in [0.1, 0.15) is 22.8 Å². The van der Waals surface area contributed by atoms with Crippen molar-refractivity contribution >= 4 is 22.6 Å². The number of methoxy groups -OCH3 is 2. The maximum absolute atomic E-state index is 12.4. The highest BCUT2D eigenvalue weighted by Gasteiger charge is 2.17. The molecule has 0 aliphatic carbocycles. The predicted octanol–water partition coefficient (Wildman–Crippen LogP) is 3.38. The molecule has 0 unspecified atom stereocenters. The molecule has 0 heterocycles. The summed E-state index contributed by atoms with van der Waals surface area (Å²) in [5, 5.41) is 11.9. The minimum Gasteiger partial charge on any atom is -0.507 e. The molecule has 0 bridgehead atoms. The molecule has 1 N–H and O–H groups in total. The summed E-state index contributed by atoms with van der Waals surface area (Å²) in [6.45, 7) is -0.0699. The molecule has 7 heteroatoms. The van der Waals surface area contributed by atoms with E-state index < -0.39 is 12.6 Å². The molecule has 156 valence electrons. The van der Waals surface area contributed by atoms with Crippen molar-refractivity contribution in [1.29, 1.82) is 0 Å². The fourth-order valence-electron chi connectivity index (χ4n) is 2.98.